The van der Waals surface area contributed by atoms with Crippen molar-refractivity contribution in [3.8, 4) is 17.2 Å². The molecule has 0 amide bonds. The Morgan fingerprint density at radius 1 is 1.04 bits per heavy atom. The smallest absolute Gasteiger partial charge is 0.163 e. The van der Waals surface area contributed by atoms with E-state index in [1.54, 1.807) is 0 Å². The Morgan fingerprint density at radius 2 is 1.83 bits per heavy atom. The maximum atomic E-state index is 5.89. The second-order valence-corrected chi connectivity index (χ2v) is 6.02. The molecule has 3 rings (SSSR count). The van der Waals surface area contributed by atoms with Gasteiger partial charge in [-0.15, -0.1) is 0 Å². The Labute approximate surface area is 137 Å². The second kappa shape index (κ2) is 7.27. The molecule has 122 valence electrons. The lowest BCUT2D eigenvalue weighted by molar-refractivity contribution is 0.171. The van der Waals surface area contributed by atoms with Crippen molar-refractivity contribution in [2.75, 3.05) is 25.1 Å². The Balaban J connectivity index is 1.66. The highest BCUT2D eigenvalue weighted by Crippen LogP contribution is 2.33. The van der Waals surface area contributed by atoms with Gasteiger partial charge in [-0.05, 0) is 24.1 Å². The van der Waals surface area contributed by atoms with E-state index in [-0.39, 0.29) is 0 Å². The molecule has 2 aromatic rings. The Hall–Kier alpha value is -2.36. The lowest BCUT2D eigenvalue weighted by Gasteiger charge is -2.19. The number of hydrogen-bond acceptors (Lipinski definition) is 4. The third-order valence-corrected chi connectivity index (χ3v) is 3.57. The average molecular weight is 313 g/mol. The fraction of sp³-hybridized carbons (Fsp3) is 0.368. The van der Waals surface area contributed by atoms with Gasteiger partial charge in [-0.2, -0.15) is 0 Å². The number of nitrogens with one attached hydrogen (secondary N) is 1. The van der Waals surface area contributed by atoms with E-state index in [1.807, 2.05) is 36.4 Å². The van der Waals surface area contributed by atoms with Crippen molar-refractivity contribution in [3.63, 3.8) is 0 Å². The van der Waals surface area contributed by atoms with Crippen molar-refractivity contribution in [1.29, 1.82) is 0 Å². The number of fused-ring (bicyclic) bond motifs is 1. The van der Waals surface area contributed by atoms with E-state index in [0.29, 0.717) is 25.7 Å². The van der Waals surface area contributed by atoms with Crippen molar-refractivity contribution in [2.24, 2.45) is 5.92 Å². The zero-order valence-corrected chi connectivity index (χ0v) is 13.7. The summed E-state index contributed by atoms with van der Waals surface area (Å²) < 4.78 is 17.0. The van der Waals surface area contributed by atoms with Crippen LogP contribution in [0.4, 0.5) is 5.69 Å². The van der Waals surface area contributed by atoms with Crippen LogP contribution in [-0.4, -0.2) is 19.8 Å². The molecule has 23 heavy (non-hydrogen) atoms. The molecule has 1 N–H and O–H groups in total. The molecular weight excluding hydrogens is 290 g/mol. The summed E-state index contributed by atoms with van der Waals surface area (Å²) in [6.45, 7) is 6.93. The molecule has 0 aromatic heterocycles. The summed E-state index contributed by atoms with van der Waals surface area (Å²) in [6.07, 6.45) is 0. The first-order valence-electron chi connectivity index (χ1n) is 8.06. The molecular formula is C19H23NO3. The number of anilines is 1. The summed E-state index contributed by atoms with van der Waals surface area (Å²) in [5.41, 5.74) is 2.15. The number of para-hydroxylation sites is 1. The molecule has 0 saturated carbocycles. The molecule has 0 radical (unpaired) electrons. The van der Waals surface area contributed by atoms with E-state index in [0.717, 1.165) is 35.1 Å². The van der Waals surface area contributed by atoms with Crippen LogP contribution < -0.4 is 19.5 Å². The topological polar surface area (TPSA) is 39.7 Å². The van der Waals surface area contributed by atoms with Crippen LogP contribution in [0.2, 0.25) is 0 Å². The van der Waals surface area contributed by atoms with Crippen molar-refractivity contribution < 1.29 is 14.2 Å². The van der Waals surface area contributed by atoms with Gasteiger partial charge in [0, 0.05) is 23.9 Å². The summed E-state index contributed by atoms with van der Waals surface area (Å²) in [5.74, 6) is 3.05. The fourth-order valence-electron chi connectivity index (χ4n) is 2.40. The van der Waals surface area contributed by atoms with Crippen LogP contribution in [0.25, 0.3) is 0 Å². The van der Waals surface area contributed by atoms with Gasteiger partial charge in [0.1, 0.15) is 19.0 Å². The molecule has 2 aromatic carbocycles. The standard InChI is InChI=1S/C19H23NO3/c1-14(2)13-23-17-6-4-3-5-15(17)12-20-16-7-8-18-19(11-16)22-10-9-21-18/h3-8,11,14,20H,9-10,12-13H2,1-2H3. The number of rotatable bonds is 6. The average Bonchev–Trinajstić information content (AvgIpc) is 2.58. The molecule has 1 aliphatic rings. The van der Waals surface area contributed by atoms with Gasteiger partial charge in [0.25, 0.3) is 0 Å². The lowest BCUT2D eigenvalue weighted by Crippen LogP contribution is -2.15. The zero-order valence-electron chi connectivity index (χ0n) is 13.7. The van der Waals surface area contributed by atoms with Gasteiger partial charge in [-0.1, -0.05) is 32.0 Å². The van der Waals surface area contributed by atoms with Crippen LogP contribution in [0.3, 0.4) is 0 Å². The van der Waals surface area contributed by atoms with E-state index in [4.69, 9.17) is 14.2 Å². The third-order valence-electron chi connectivity index (χ3n) is 3.57. The van der Waals surface area contributed by atoms with Crippen molar-refractivity contribution >= 4 is 5.69 Å². The largest absolute Gasteiger partial charge is 0.493 e. The molecule has 0 saturated heterocycles. The van der Waals surface area contributed by atoms with Gasteiger partial charge < -0.3 is 19.5 Å². The minimum absolute atomic E-state index is 0.508. The van der Waals surface area contributed by atoms with E-state index in [1.165, 1.54) is 0 Å². The van der Waals surface area contributed by atoms with Gasteiger partial charge >= 0.3 is 0 Å². The predicted molar refractivity (Wildman–Crippen MR) is 91.5 cm³/mol. The highest BCUT2D eigenvalue weighted by atomic mass is 16.6. The van der Waals surface area contributed by atoms with Crippen molar-refractivity contribution in [3.05, 3.63) is 48.0 Å². The van der Waals surface area contributed by atoms with Crippen LogP contribution in [0, 0.1) is 5.92 Å². The summed E-state index contributed by atoms with van der Waals surface area (Å²) in [4.78, 5) is 0. The van der Waals surface area contributed by atoms with Crippen LogP contribution in [-0.2, 0) is 6.54 Å². The highest BCUT2D eigenvalue weighted by Gasteiger charge is 2.12. The Kier molecular flexibility index (Phi) is 4.91. The number of hydrogen-bond donors (Lipinski definition) is 1. The summed E-state index contributed by atoms with van der Waals surface area (Å²) in [5, 5.41) is 3.42. The Bertz CT molecular complexity index is 655. The summed E-state index contributed by atoms with van der Waals surface area (Å²) in [6, 6.07) is 14.1. The molecule has 0 atom stereocenters. The zero-order chi connectivity index (χ0) is 16.1. The number of benzene rings is 2. The molecule has 0 fully saturated rings. The van der Waals surface area contributed by atoms with E-state index < -0.39 is 0 Å². The summed E-state index contributed by atoms with van der Waals surface area (Å²) >= 11 is 0. The van der Waals surface area contributed by atoms with E-state index in [2.05, 4.69) is 25.2 Å². The van der Waals surface area contributed by atoms with Gasteiger partial charge in [-0.25, -0.2) is 0 Å². The molecule has 4 heteroatoms. The third kappa shape index (κ3) is 4.09. The second-order valence-electron chi connectivity index (χ2n) is 6.02. The Morgan fingerprint density at radius 3 is 2.65 bits per heavy atom. The van der Waals surface area contributed by atoms with Crippen LogP contribution >= 0.6 is 0 Å². The van der Waals surface area contributed by atoms with Crippen LogP contribution in [0.5, 0.6) is 17.2 Å². The minimum atomic E-state index is 0.508. The van der Waals surface area contributed by atoms with Gasteiger partial charge in [0.05, 0.1) is 6.61 Å². The van der Waals surface area contributed by atoms with Crippen molar-refractivity contribution in [1.82, 2.24) is 0 Å². The summed E-state index contributed by atoms with van der Waals surface area (Å²) in [7, 11) is 0. The molecule has 4 nitrogen and oxygen atoms in total. The van der Waals surface area contributed by atoms with E-state index in [9.17, 15) is 0 Å². The van der Waals surface area contributed by atoms with Gasteiger partial charge in [0.15, 0.2) is 11.5 Å². The van der Waals surface area contributed by atoms with Gasteiger partial charge in [0.2, 0.25) is 0 Å². The SMILES string of the molecule is CC(C)COc1ccccc1CNc1ccc2c(c1)OCCO2. The number of ether oxygens (including phenoxy) is 3. The lowest BCUT2D eigenvalue weighted by atomic mass is 10.2. The van der Waals surface area contributed by atoms with Crippen LogP contribution in [0.1, 0.15) is 19.4 Å². The quantitative estimate of drug-likeness (QED) is 0.871. The van der Waals surface area contributed by atoms with Crippen molar-refractivity contribution in [2.45, 2.75) is 20.4 Å². The maximum absolute atomic E-state index is 5.89. The first-order chi connectivity index (χ1) is 11.2. The monoisotopic (exact) mass is 313 g/mol. The van der Waals surface area contributed by atoms with E-state index >= 15 is 0 Å². The first kappa shape index (κ1) is 15.5. The minimum Gasteiger partial charge on any atom is -0.493 e. The molecule has 0 bridgehead atoms. The molecule has 0 unspecified atom stereocenters. The fourth-order valence-corrected chi connectivity index (χ4v) is 2.40. The first-order valence-corrected chi connectivity index (χ1v) is 8.06. The van der Waals surface area contributed by atoms with Gasteiger partial charge in [-0.3, -0.25) is 0 Å². The molecule has 1 heterocycles. The maximum Gasteiger partial charge on any atom is 0.163 e. The molecule has 1 aliphatic heterocycles. The molecule has 0 aliphatic carbocycles. The predicted octanol–water partition coefficient (Wildman–Crippen LogP) is 4.10. The molecule has 0 spiro atoms. The normalized spacial score (nSPS) is 13.0. The highest BCUT2D eigenvalue weighted by molar-refractivity contribution is 5.55. The van der Waals surface area contributed by atoms with Crippen LogP contribution in [0.15, 0.2) is 42.5 Å².